The van der Waals surface area contributed by atoms with Crippen molar-refractivity contribution >= 4 is 16.7 Å². The van der Waals surface area contributed by atoms with Crippen molar-refractivity contribution in [1.82, 2.24) is 15.0 Å². The van der Waals surface area contributed by atoms with Crippen molar-refractivity contribution in [1.29, 1.82) is 0 Å². The van der Waals surface area contributed by atoms with Crippen LogP contribution >= 0.6 is 0 Å². The lowest BCUT2D eigenvalue weighted by Gasteiger charge is -1.90. The van der Waals surface area contributed by atoms with Crippen molar-refractivity contribution < 1.29 is 4.92 Å². The van der Waals surface area contributed by atoms with Gasteiger partial charge in [0.25, 0.3) is 5.69 Å². The molecule has 0 saturated heterocycles. The molecule has 2 aromatic heterocycles. The van der Waals surface area contributed by atoms with Crippen molar-refractivity contribution in [3.8, 4) is 0 Å². The highest BCUT2D eigenvalue weighted by Gasteiger charge is 2.14. The number of H-pyrrole nitrogens is 1. The summed E-state index contributed by atoms with van der Waals surface area (Å²) in [6, 6.07) is 0. The summed E-state index contributed by atoms with van der Waals surface area (Å²) in [6.07, 6.45) is 2.77. The lowest BCUT2D eigenvalue weighted by atomic mass is 10.4. The molecule has 0 amide bonds. The molecular formula is C7H6N4O2. The van der Waals surface area contributed by atoms with E-state index in [1.54, 1.807) is 6.92 Å². The van der Waals surface area contributed by atoms with Crippen molar-refractivity contribution in [2.45, 2.75) is 6.92 Å². The number of nitrogens with one attached hydrogen (secondary N) is 1. The molecule has 2 rings (SSSR count). The third-order valence-corrected chi connectivity index (χ3v) is 1.73. The van der Waals surface area contributed by atoms with Gasteiger partial charge in [-0.2, -0.15) is 0 Å². The molecule has 0 aliphatic rings. The van der Waals surface area contributed by atoms with Gasteiger partial charge in [-0.3, -0.25) is 10.1 Å². The molecule has 0 unspecified atom stereocenters. The highest BCUT2D eigenvalue weighted by molar-refractivity contribution is 5.85. The van der Waals surface area contributed by atoms with E-state index in [2.05, 4.69) is 15.0 Å². The molecular weight excluding hydrogens is 172 g/mol. The quantitative estimate of drug-likeness (QED) is 0.524. The van der Waals surface area contributed by atoms with Gasteiger partial charge in [0.1, 0.15) is 16.9 Å². The standard InChI is InChI=1S/C7H6N4O2/c1-4-8-2-5-6(11(12)13)3-9-7(5)10-4/h2-3H,1H3,(H,8,9,10). The SMILES string of the molecule is Cc1ncc2c([N+](=O)[O-])c[nH]c2n1. The molecule has 6 nitrogen and oxygen atoms in total. The first-order chi connectivity index (χ1) is 6.18. The Morgan fingerprint density at radius 1 is 1.62 bits per heavy atom. The van der Waals surface area contributed by atoms with Gasteiger partial charge in [-0.1, -0.05) is 0 Å². The van der Waals surface area contributed by atoms with E-state index in [0.717, 1.165) is 0 Å². The van der Waals surface area contributed by atoms with E-state index in [1.807, 2.05) is 0 Å². The lowest BCUT2D eigenvalue weighted by Crippen LogP contribution is -1.88. The van der Waals surface area contributed by atoms with Gasteiger partial charge < -0.3 is 4.98 Å². The first-order valence-corrected chi connectivity index (χ1v) is 3.63. The van der Waals surface area contributed by atoms with Gasteiger partial charge in [-0.25, -0.2) is 9.97 Å². The fraction of sp³-hybridized carbons (Fsp3) is 0.143. The maximum absolute atomic E-state index is 10.5. The molecule has 0 radical (unpaired) electrons. The summed E-state index contributed by atoms with van der Waals surface area (Å²) in [7, 11) is 0. The zero-order valence-electron chi connectivity index (χ0n) is 6.81. The van der Waals surface area contributed by atoms with Crippen molar-refractivity contribution in [3.05, 3.63) is 28.3 Å². The molecule has 0 atom stereocenters. The molecule has 0 aliphatic heterocycles. The van der Waals surface area contributed by atoms with Crippen LogP contribution in [0.5, 0.6) is 0 Å². The number of nitro groups is 1. The Morgan fingerprint density at radius 3 is 3.08 bits per heavy atom. The number of rotatable bonds is 1. The first kappa shape index (κ1) is 7.66. The monoisotopic (exact) mass is 178 g/mol. The predicted molar refractivity (Wildman–Crippen MR) is 45.3 cm³/mol. The summed E-state index contributed by atoms with van der Waals surface area (Å²) < 4.78 is 0. The number of aromatic amines is 1. The normalized spacial score (nSPS) is 10.5. The van der Waals surface area contributed by atoms with E-state index in [4.69, 9.17) is 0 Å². The van der Waals surface area contributed by atoms with Gasteiger partial charge in [0, 0.05) is 6.20 Å². The van der Waals surface area contributed by atoms with E-state index < -0.39 is 4.92 Å². The zero-order chi connectivity index (χ0) is 9.42. The van der Waals surface area contributed by atoms with Crippen LogP contribution in [0.4, 0.5) is 5.69 Å². The number of nitrogens with zero attached hydrogens (tertiary/aromatic N) is 3. The van der Waals surface area contributed by atoms with Crippen LogP contribution in [0, 0.1) is 17.0 Å². The molecule has 2 heterocycles. The van der Waals surface area contributed by atoms with Crippen LogP contribution in [-0.2, 0) is 0 Å². The summed E-state index contributed by atoms with van der Waals surface area (Å²) in [6.45, 7) is 1.73. The minimum atomic E-state index is -0.461. The largest absolute Gasteiger partial charge is 0.340 e. The van der Waals surface area contributed by atoms with Crippen LogP contribution in [0.1, 0.15) is 5.82 Å². The van der Waals surface area contributed by atoms with Gasteiger partial charge in [0.2, 0.25) is 0 Å². The Labute approximate surface area is 72.8 Å². The van der Waals surface area contributed by atoms with Crippen molar-refractivity contribution in [3.63, 3.8) is 0 Å². The second-order valence-corrected chi connectivity index (χ2v) is 2.61. The maximum Gasteiger partial charge on any atom is 0.297 e. The molecule has 0 bridgehead atoms. The average Bonchev–Trinajstić information content (AvgIpc) is 2.46. The fourth-order valence-corrected chi connectivity index (χ4v) is 1.13. The van der Waals surface area contributed by atoms with Gasteiger partial charge in [-0.15, -0.1) is 0 Å². The summed E-state index contributed by atoms with van der Waals surface area (Å²) >= 11 is 0. The molecule has 2 aromatic rings. The van der Waals surface area contributed by atoms with Crippen LogP contribution in [-0.4, -0.2) is 19.9 Å². The van der Waals surface area contributed by atoms with E-state index >= 15 is 0 Å². The van der Waals surface area contributed by atoms with Gasteiger partial charge in [0.05, 0.1) is 11.1 Å². The smallest absolute Gasteiger partial charge is 0.297 e. The number of hydrogen-bond donors (Lipinski definition) is 1. The van der Waals surface area contributed by atoms with Crippen LogP contribution in [0.25, 0.3) is 11.0 Å². The minimum absolute atomic E-state index is 0.00926. The first-order valence-electron chi connectivity index (χ1n) is 3.63. The van der Waals surface area contributed by atoms with Crippen LogP contribution in [0.15, 0.2) is 12.4 Å². The van der Waals surface area contributed by atoms with Crippen LogP contribution in [0.2, 0.25) is 0 Å². The van der Waals surface area contributed by atoms with Crippen molar-refractivity contribution in [2.24, 2.45) is 0 Å². The minimum Gasteiger partial charge on any atom is -0.340 e. The second-order valence-electron chi connectivity index (χ2n) is 2.61. The molecule has 0 saturated carbocycles. The van der Waals surface area contributed by atoms with Gasteiger partial charge in [-0.05, 0) is 6.92 Å². The van der Waals surface area contributed by atoms with E-state index in [-0.39, 0.29) is 5.69 Å². The second kappa shape index (κ2) is 2.51. The van der Waals surface area contributed by atoms with Gasteiger partial charge >= 0.3 is 0 Å². The number of aryl methyl sites for hydroxylation is 1. The Kier molecular flexibility index (Phi) is 1.48. The zero-order valence-corrected chi connectivity index (χ0v) is 6.81. The summed E-state index contributed by atoms with van der Waals surface area (Å²) in [5.74, 6) is 0.587. The van der Waals surface area contributed by atoms with E-state index in [0.29, 0.717) is 16.9 Å². The maximum atomic E-state index is 10.5. The van der Waals surface area contributed by atoms with Crippen LogP contribution < -0.4 is 0 Å². The van der Waals surface area contributed by atoms with Crippen molar-refractivity contribution in [2.75, 3.05) is 0 Å². The molecule has 13 heavy (non-hydrogen) atoms. The molecule has 0 aliphatic carbocycles. The predicted octanol–water partition coefficient (Wildman–Crippen LogP) is 1.17. The van der Waals surface area contributed by atoms with E-state index in [1.165, 1.54) is 12.4 Å². The fourth-order valence-electron chi connectivity index (χ4n) is 1.13. The molecule has 1 N–H and O–H groups in total. The molecule has 6 heteroatoms. The Bertz CT molecular complexity index is 476. The summed E-state index contributed by atoms with van der Waals surface area (Å²) in [5.41, 5.74) is 0.509. The lowest BCUT2D eigenvalue weighted by molar-refractivity contribution is -0.383. The Morgan fingerprint density at radius 2 is 2.38 bits per heavy atom. The highest BCUT2D eigenvalue weighted by atomic mass is 16.6. The number of fused-ring (bicyclic) bond motifs is 1. The number of aromatic nitrogens is 3. The topological polar surface area (TPSA) is 84.7 Å². The third kappa shape index (κ3) is 1.12. The molecule has 66 valence electrons. The Hall–Kier alpha value is -1.98. The van der Waals surface area contributed by atoms with E-state index in [9.17, 15) is 10.1 Å². The molecule has 0 aromatic carbocycles. The highest BCUT2D eigenvalue weighted by Crippen LogP contribution is 2.22. The molecule has 0 spiro atoms. The molecule has 0 fully saturated rings. The number of hydrogen-bond acceptors (Lipinski definition) is 4. The summed E-state index contributed by atoms with van der Waals surface area (Å²) in [5, 5.41) is 10.9. The van der Waals surface area contributed by atoms with Crippen LogP contribution in [0.3, 0.4) is 0 Å². The van der Waals surface area contributed by atoms with Gasteiger partial charge in [0.15, 0.2) is 0 Å². The third-order valence-electron chi connectivity index (χ3n) is 1.73. The average molecular weight is 178 g/mol. The summed E-state index contributed by atoms with van der Waals surface area (Å²) in [4.78, 5) is 20.6. The Balaban J connectivity index is 2.76.